The Balaban J connectivity index is 1.22. The van der Waals surface area contributed by atoms with Crippen LogP contribution in [0.2, 0.25) is 5.02 Å². The van der Waals surface area contributed by atoms with Gasteiger partial charge in [-0.25, -0.2) is 4.79 Å². The van der Waals surface area contributed by atoms with Crippen molar-refractivity contribution in [2.45, 2.75) is 26.7 Å². The highest BCUT2D eigenvalue weighted by Crippen LogP contribution is 2.28. The molecule has 0 saturated heterocycles. The van der Waals surface area contributed by atoms with E-state index in [9.17, 15) is 19.2 Å². The number of aryl methyl sites for hydroxylation is 1. The van der Waals surface area contributed by atoms with E-state index in [-0.39, 0.29) is 30.3 Å². The molecule has 0 spiro atoms. The van der Waals surface area contributed by atoms with E-state index in [1.54, 1.807) is 53.1 Å². The van der Waals surface area contributed by atoms with E-state index in [4.69, 9.17) is 16.0 Å². The molecular weight excluding hydrogens is 542 g/mol. The van der Waals surface area contributed by atoms with Gasteiger partial charge in [0, 0.05) is 40.1 Å². The molecule has 0 aliphatic heterocycles. The number of rotatable bonds is 8. The van der Waals surface area contributed by atoms with E-state index >= 15 is 0 Å². The van der Waals surface area contributed by atoms with Crippen molar-refractivity contribution in [3.05, 3.63) is 116 Å². The first-order valence-corrected chi connectivity index (χ1v) is 13.6. The maximum atomic E-state index is 13.4. The first kappa shape index (κ1) is 27.9. The summed E-state index contributed by atoms with van der Waals surface area (Å²) in [6, 6.07) is 21.0. The highest BCUT2D eigenvalue weighted by atomic mass is 35.5. The molecule has 0 unspecified atom stereocenters. The molecule has 2 N–H and O–H groups in total. The lowest BCUT2D eigenvalue weighted by atomic mass is 10.1. The van der Waals surface area contributed by atoms with Gasteiger partial charge in [-0.1, -0.05) is 41.4 Å². The van der Waals surface area contributed by atoms with E-state index in [2.05, 4.69) is 10.6 Å². The topological polar surface area (TPSA) is 110 Å². The fourth-order valence-electron chi connectivity index (χ4n) is 4.86. The average Bonchev–Trinajstić information content (AvgIpc) is 3.22. The molecule has 0 aliphatic rings. The van der Waals surface area contributed by atoms with E-state index < -0.39 is 11.5 Å². The van der Waals surface area contributed by atoms with Gasteiger partial charge in [0.25, 0.3) is 11.8 Å². The van der Waals surface area contributed by atoms with Crippen molar-refractivity contribution >= 4 is 51.2 Å². The Morgan fingerprint density at radius 2 is 1.63 bits per heavy atom. The minimum atomic E-state index is -0.700. The lowest BCUT2D eigenvalue weighted by molar-refractivity contribution is -0.120. The zero-order valence-electron chi connectivity index (χ0n) is 22.6. The standard InChI is InChI=1S/C32H28ClN3O5/c1-19-8-13-27-25(16-19)24(20(2)36(27)31(39)21-9-11-23(33)12-10-21)18-29(37)34-14-5-15-35-30(38)26-17-22-6-3-4-7-28(22)41-32(26)40/h3-4,6-13,16-17H,5,14-15,18H2,1-2H3,(H,34,37)(H,35,38). The Bertz CT molecular complexity index is 1850. The molecule has 0 saturated carbocycles. The predicted octanol–water partition coefficient (Wildman–Crippen LogP) is 5.19. The van der Waals surface area contributed by atoms with Crippen molar-refractivity contribution < 1.29 is 18.8 Å². The molecule has 3 aromatic carbocycles. The molecule has 0 radical (unpaired) electrons. The molecule has 9 heteroatoms. The Labute approximate surface area is 240 Å². The smallest absolute Gasteiger partial charge is 0.349 e. The van der Waals surface area contributed by atoms with E-state index in [0.717, 1.165) is 22.0 Å². The van der Waals surface area contributed by atoms with Gasteiger partial charge < -0.3 is 15.1 Å². The Kier molecular flexibility index (Phi) is 8.03. The first-order chi connectivity index (χ1) is 19.7. The Morgan fingerprint density at radius 3 is 2.41 bits per heavy atom. The number of para-hydroxylation sites is 1. The zero-order valence-corrected chi connectivity index (χ0v) is 23.4. The molecular formula is C32H28ClN3O5. The van der Waals surface area contributed by atoms with Crippen LogP contribution in [0.15, 0.2) is 82.0 Å². The third-order valence-corrected chi connectivity index (χ3v) is 7.22. The van der Waals surface area contributed by atoms with Crippen LogP contribution in [0.3, 0.4) is 0 Å². The van der Waals surface area contributed by atoms with Crippen molar-refractivity contribution in [1.82, 2.24) is 15.2 Å². The number of nitrogens with zero attached hydrogens (tertiary/aromatic N) is 1. The number of amides is 2. The van der Waals surface area contributed by atoms with Gasteiger partial charge in [-0.2, -0.15) is 0 Å². The van der Waals surface area contributed by atoms with Crippen molar-refractivity contribution in [1.29, 1.82) is 0 Å². The SMILES string of the molecule is Cc1ccc2c(c1)c(CC(=O)NCCCNC(=O)c1cc3ccccc3oc1=O)c(C)n2C(=O)c1ccc(Cl)cc1. The van der Waals surface area contributed by atoms with Crippen molar-refractivity contribution in [3.63, 3.8) is 0 Å². The van der Waals surface area contributed by atoms with Gasteiger partial charge in [0.2, 0.25) is 5.91 Å². The number of carbonyl (C=O) groups is 3. The van der Waals surface area contributed by atoms with E-state index in [0.29, 0.717) is 40.2 Å². The molecule has 8 nitrogen and oxygen atoms in total. The van der Waals surface area contributed by atoms with Crippen molar-refractivity contribution in [2.75, 3.05) is 13.1 Å². The molecule has 2 heterocycles. The fraction of sp³-hybridized carbons (Fsp3) is 0.188. The number of benzene rings is 3. The lowest BCUT2D eigenvalue weighted by Crippen LogP contribution is -2.32. The molecule has 2 amide bonds. The van der Waals surface area contributed by atoms with Crippen LogP contribution >= 0.6 is 11.6 Å². The summed E-state index contributed by atoms with van der Waals surface area (Å²) in [5, 5.41) is 7.64. The third kappa shape index (κ3) is 5.93. The molecule has 0 aliphatic carbocycles. The monoisotopic (exact) mass is 569 g/mol. The van der Waals surface area contributed by atoms with Gasteiger partial charge in [-0.05, 0) is 74.4 Å². The molecule has 208 valence electrons. The number of nitrogens with one attached hydrogen (secondary N) is 2. The summed E-state index contributed by atoms with van der Waals surface area (Å²) in [5.74, 6) is -0.926. The highest BCUT2D eigenvalue weighted by Gasteiger charge is 2.21. The molecule has 0 bridgehead atoms. The number of aromatic nitrogens is 1. The zero-order chi connectivity index (χ0) is 29.1. The van der Waals surface area contributed by atoms with Gasteiger partial charge in [0.15, 0.2) is 0 Å². The van der Waals surface area contributed by atoms with Crippen LogP contribution in [-0.2, 0) is 11.2 Å². The predicted molar refractivity (Wildman–Crippen MR) is 159 cm³/mol. The van der Waals surface area contributed by atoms with Crippen LogP contribution in [0, 0.1) is 13.8 Å². The molecule has 0 fully saturated rings. The minimum Gasteiger partial charge on any atom is -0.422 e. The number of halogens is 1. The van der Waals surface area contributed by atoms with Crippen molar-refractivity contribution in [2.24, 2.45) is 0 Å². The molecule has 41 heavy (non-hydrogen) atoms. The summed E-state index contributed by atoms with van der Waals surface area (Å²) < 4.78 is 6.86. The molecule has 5 rings (SSSR count). The van der Waals surface area contributed by atoms with Gasteiger partial charge in [0.1, 0.15) is 11.1 Å². The second-order valence-electron chi connectivity index (χ2n) is 9.85. The van der Waals surface area contributed by atoms with Crippen molar-refractivity contribution in [3.8, 4) is 0 Å². The Hall–Kier alpha value is -4.69. The largest absolute Gasteiger partial charge is 0.422 e. The average molecular weight is 570 g/mol. The molecule has 2 aromatic heterocycles. The second-order valence-corrected chi connectivity index (χ2v) is 10.3. The second kappa shape index (κ2) is 11.8. The van der Waals surface area contributed by atoms with Crippen LogP contribution in [0.25, 0.3) is 21.9 Å². The minimum absolute atomic E-state index is 0.0666. The van der Waals surface area contributed by atoms with E-state index in [1.807, 2.05) is 32.0 Å². The third-order valence-electron chi connectivity index (χ3n) is 6.97. The van der Waals surface area contributed by atoms with Crippen LogP contribution in [0.1, 0.15) is 44.0 Å². The number of hydrogen-bond donors (Lipinski definition) is 2. The quantitative estimate of drug-likeness (QED) is 0.197. The number of carbonyl (C=O) groups excluding carboxylic acids is 3. The summed E-state index contributed by atoms with van der Waals surface area (Å²) >= 11 is 6.00. The van der Waals surface area contributed by atoms with Gasteiger partial charge >= 0.3 is 5.63 Å². The van der Waals surface area contributed by atoms with Crippen LogP contribution in [0.4, 0.5) is 0 Å². The van der Waals surface area contributed by atoms with Gasteiger partial charge in [-0.15, -0.1) is 0 Å². The van der Waals surface area contributed by atoms with Crippen LogP contribution < -0.4 is 16.3 Å². The summed E-state index contributed by atoms with van der Waals surface area (Å²) in [7, 11) is 0. The summed E-state index contributed by atoms with van der Waals surface area (Å²) in [6.07, 6.45) is 0.558. The fourth-order valence-corrected chi connectivity index (χ4v) is 4.99. The normalized spacial score (nSPS) is 11.1. The maximum absolute atomic E-state index is 13.4. The van der Waals surface area contributed by atoms with Gasteiger partial charge in [0.05, 0.1) is 11.9 Å². The summed E-state index contributed by atoms with van der Waals surface area (Å²) in [6.45, 7) is 4.39. The molecule has 0 atom stereocenters. The lowest BCUT2D eigenvalue weighted by Gasteiger charge is -2.09. The summed E-state index contributed by atoms with van der Waals surface area (Å²) in [4.78, 5) is 51.0. The van der Waals surface area contributed by atoms with E-state index in [1.165, 1.54) is 6.07 Å². The number of hydrogen-bond acceptors (Lipinski definition) is 5. The molecule has 5 aromatic rings. The van der Waals surface area contributed by atoms with Crippen LogP contribution in [0.5, 0.6) is 0 Å². The maximum Gasteiger partial charge on any atom is 0.349 e. The highest BCUT2D eigenvalue weighted by molar-refractivity contribution is 6.30. The summed E-state index contributed by atoms with van der Waals surface area (Å²) in [5.41, 5.74) is 3.37. The number of fused-ring (bicyclic) bond motifs is 2. The van der Waals surface area contributed by atoms with Gasteiger partial charge in [-0.3, -0.25) is 19.0 Å². The Morgan fingerprint density at radius 1 is 0.902 bits per heavy atom. The first-order valence-electron chi connectivity index (χ1n) is 13.2. The van der Waals surface area contributed by atoms with Crippen LogP contribution in [-0.4, -0.2) is 35.4 Å².